The van der Waals surface area contributed by atoms with E-state index in [1.54, 1.807) is 0 Å². The average molecular weight is 694 g/mol. The number of hydrogen-bond donors (Lipinski definition) is 5. The molecule has 48 heavy (non-hydrogen) atoms. The quantitative estimate of drug-likeness (QED) is 0.0658. The molecule has 6 nitrogen and oxygen atoms in total. The summed E-state index contributed by atoms with van der Waals surface area (Å²) in [5, 5.41) is 7.82. The maximum Gasteiger partial charge on any atom is 0.158 e. The van der Waals surface area contributed by atoms with E-state index < -0.39 is 0 Å². The Bertz CT molecular complexity index is 795. The number of carbonyl (C=O) groups excluding carboxylic acids is 1. The van der Waals surface area contributed by atoms with Gasteiger partial charge in [-0.3, -0.25) is 4.79 Å². The Morgan fingerprint density at radius 3 is 1.73 bits per heavy atom. The Morgan fingerprint density at radius 1 is 0.875 bits per heavy atom. The fraction of sp³-hybridized carbons (Fsp3) is 0.780. The number of rotatable bonds is 15. The van der Waals surface area contributed by atoms with Crippen LogP contribution in [0.25, 0.3) is 0 Å². The van der Waals surface area contributed by atoms with E-state index in [4.69, 9.17) is 0 Å². The molecule has 3 fully saturated rings. The third-order valence-electron chi connectivity index (χ3n) is 8.76. The molecule has 0 heterocycles. The molecule has 7 heteroatoms. The molecule has 284 valence electrons. The van der Waals surface area contributed by atoms with Crippen molar-refractivity contribution in [3.05, 3.63) is 50.9 Å². The Kier molecular flexibility index (Phi) is 32.1. The lowest BCUT2D eigenvalue weighted by atomic mass is 9.78. The molecule has 3 aliphatic rings. The first kappa shape index (κ1) is 50.8. The maximum absolute atomic E-state index is 12.2. The first-order valence-electron chi connectivity index (χ1n) is 18.8. The van der Waals surface area contributed by atoms with E-state index in [1.807, 2.05) is 0 Å². The van der Waals surface area contributed by atoms with E-state index in [1.165, 1.54) is 103 Å². The summed E-state index contributed by atoms with van der Waals surface area (Å²) >= 11 is 2.10. The smallest absolute Gasteiger partial charge is 0.158 e. The Balaban J connectivity index is -0.00000123. The maximum atomic E-state index is 12.2. The number of allylic oxidation sites excluding steroid dienone is 1. The lowest BCUT2D eigenvalue weighted by molar-refractivity contribution is -0.118. The lowest BCUT2D eigenvalue weighted by Crippen LogP contribution is -2.59. The predicted octanol–water partition coefficient (Wildman–Crippen LogP) is 9.66. The van der Waals surface area contributed by atoms with Gasteiger partial charge in [0.15, 0.2) is 5.78 Å². The standard InChI is InChI=1S/C30H54N2OS.C5H10.C2H5N.C2H4.2CH5N/c1-9-26(33)25(21-24-16-17-24)15-11-14-20-31-23(2)27(28(3,4)5)32-30(18-12-10-13-19-30)22-34-29(6,7)8;1-2-4-5-3-1;1-2-3;3*1-2/h9,24-25,27,31-32H,1-2,10-22H2,3-8H3;1-5H2;2H,1,3H2;1-2H2;2*2H2,1H3. The highest BCUT2D eigenvalue weighted by atomic mass is 32.2. The van der Waals surface area contributed by atoms with E-state index in [9.17, 15) is 4.79 Å². The van der Waals surface area contributed by atoms with Gasteiger partial charge >= 0.3 is 0 Å². The highest BCUT2D eigenvalue weighted by Gasteiger charge is 2.39. The van der Waals surface area contributed by atoms with Gasteiger partial charge in [-0.1, -0.05) is 132 Å². The van der Waals surface area contributed by atoms with Crippen LogP contribution >= 0.6 is 11.8 Å². The predicted molar refractivity (Wildman–Crippen MR) is 220 cm³/mol. The summed E-state index contributed by atoms with van der Waals surface area (Å²) in [5.74, 6) is 2.38. The molecular formula is C41H83N5OS. The first-order chi connectivity index (χ1) is 22.8. The van der Waals surface area contributed by atoms with Gasteiger partial charge < -0.3 is 27.8 Å². The molecule has 0 aromatic rings. The molecular weight excluding hydrogens is 611 g/mol. The number of ketones is 1. The second kappa shape index (κ2) is 30.3. The van der Waals surface area contributed by atoms with E-state index >= 15 is 0 Å². The zero-order valence-electron chi connectivity index (χ0n) is 33.2. The number of unbranched alkanes of at least 4 members (excludes halogenated alkanes) is 1. The van der Waals surface area contributed by atoms with Crippen molar-refractivity contribution in [1.29, 1.82) is 0 Å². The summed E-state index contributed by atoms with van der Waals surface area (Å²) in [6, 6.07) is 0.233. The fourth-order valence-electron chi connectivity index (χ4n) is 6.10. The molecule has 0 aliphatic heterocycles. The van der Waals surface area contributed by atoms with Crippen molar-refractivity contribution in [2.45, 2.75) is 161 Å². The summed E-state index contributed by atoms with van der Waals surface area (Å²) in [7, 11) is 3.00. The SMILES string of the molecule is C1CCCC1.C=C.C=CC(=O)C(CCCCNC(=C)C(NC1(CSC(C)(C)C)CCCCC1)C(C)(C)C)CC1CC1.C=CN.CN.CN. The molecule has 0 aromatic heterocycles. The molecule has 3 saturated carbocycles. The Morgan fingerprint density at radius 2 is 1.33 bits per heavy atom. The second-order valence-corrected chi connectivity index (χ2v) is 16.9. The minimum Gasteiger partial charge on any atom is -0.405 e. The first-order valence-corrected chi connectivity index (χ1v) is 19.7. The molecule has 0 bridgehead atoms. The summed E-state index contributed by atoms with van der Waals surface area (Å²) in [4.78, 5) is 12.2. The minimum absolute atomic E-state index is 0.0899. The van der Waals surface area contributed by atoms with Gasteiger partial charge in [0, 0.05) is 34.2 Å². The second-order valence-electron chi connectivity index (χ2n) is 15.1. The number of carbonyl (C=O) groups is 1. The largest absolute Gasteiger partial charge is 0.405 e. The fourth-order valence-corrected chi connectivity index (χ4v) is 7.18. The van der Waals surface area contributed by atoms with E-state index in [0.717, 1.165) is 49.6 Å². The van der Waals surface area contributed by atoms with Crippen LogP contribution in [0, 0.1) is 17.3 Å². The van der Waals surface area contributed by atoms with Crippen LogP contribution in [0.15, 0.2) is 50.9 Å². The van der Waals surface area contributed by atoms with Crippen molar-refractivity contribution in [2.75, 3.05) is 26.4 Å². The van der Waals surface area contributed by atoms with Crippen LogP contribution in [-0.2, 0) is 4.79 Å². The van der Waals surface area contributed by atoms with Gasteiger partial charge in [-0.2, -0.15) is 11.8 Å². The van der Waals surface area contributed by atoms with E-state index in [0.29, 0.717) is 0 Å². The van der Waals surface area contributed by atoms with Crippen molar-refractivity contribution in [3.63, 3.8) is 0 Å². The topological polar surface area (TPSA) is 119 Å². The minimum atomic E-state index is 0.0899. The van der Waals surface area contributed by atoms with Crippen molar-refractivity contribution in [1.82, 2.24) is 10.6 Å². The molecule has 2 atom stereocenters. The monoisotopic (exact) mass is 694 g/mol. The number of hydrogen-bond acceptors (Lipinski definition) is 7. The Hall–Kier alpha value is -1.54. The summed E-state index contributed by atoms with van der Waals surface area (Å²) in [5.41, 5.74) is 15.0. The van der Waals surface area contributed by atoms with Gasteiger partial charge in [0.1, 0.15) is 0 Å². The lowest BCUT2D eigenvalue weighted by Gasteiger charge is -2.46. The Labute approximate surface area is 304 Å². The highest BCUT2D eigenvalue weighted by molar-refractivity contribution is 8.00. The van der Waals surface area contributed by atoms with Crippen LogP contribution in [0.2, 0.25) is 0 Å². The highest BCUT2D eigenvalue weighted by Crippen LogP contribution is 2.39. The number of nitrogens with two attached hydrogens (primary N) is 3. The molecule has 2 unspecified atom stereocenters. The van der Waals surface area contributed by atoms with Crippen molar-refractivity contribution in [3.8, 4) is 0 Å². The van der Waals surface area contributed by atoms with Crippen LogP contribution in [0.3, 0.4) is 0 Å². The van der Waals surface area contributed by atoms with Crippen molar-refractivity contribution >= 4 is 17.5 Å². The molecule has 3 rings (SSSR count). The average Bonchev–Trinajstić information content (AvgIpc) is 3.68. The summed E-state index contributed by atoms with van der Waals surface area (Å²) < 4.78 is 0.281. The van der Waals surface area contributed by atoms with Gasteiger partial charge in [0.05, 0.1) is 6.04 Å². The van der Waals surface area contributed by atoms with Crippen LogP contribution in [0.4, 0.5) is 0 Å². The zero-order valence-corrected chi connectivity index (χ0v) is 34.0. The molecule has 0 spiro atoms. The van der Waals surface area contributed by atoms with Gasteiger partial charge in [-0.25, -0.2) is 0 Å². The number of thioether (sulfide) groups is 1. The molecule has 0 amide bonds. The third kappa shape index (κ3) is 26.3. The third-order valence-corrected chi connectivity index (χ3v) is 10.3. The van der Waals surface area contributed by atoms with Crippen molar-refractivity contribution < 1.29 is 4.79 Å². The zero-order chi connectivity index (χ0) is 37.7. The molecule has 0 radical (unpaired) electrons. The van der Waals surface area contributed by atoms with E-state index in [-0.39, 0.29) is 33.4 Å². The van der Waals surface area contributed by atoms with Crippen LogP contribution < -0.4 is 27.8 Å². The van der Waals surface area contributed by atoms with Gasteiger partial charge in [0.25, 0.3) is 0 Å². The summed E-state index contributed by atoms with van der Waals surface area (Å²) in [6.45, 7) is 32.2. The van der Waals surface area contributed by atoms with E-state index in [2.05, 4.69) is 114 Å². The van der Waals surface area contributed by atoms with Crippen LogP contribution in [0.1, 0.15) is 144 Å². The molecule has 0 saturated heterocycles. The molecule has 3 aliphatic carbocycles. The normalized spacial score (nSPS) is 17.5. The van der Waals surface area contributed by atoms with Gasteiger partial charge in [-0.15, -0.1) is 13.2 Å². The molecule has 0 aromatic carbocycles. The van der Waals surface area contributed by atoms with Gasteiger partial charge in [0.2, 0.25) is 0 Å². The number of nitrogens with one attached hydrogen (secondary N) is 2. The van der Waals surface area contributed by atoms with Gasteiger partial charge in [-0.05, 0) is 69.8 Å². The molecule has 8 N–H and O–H groups in total. The van der Waals surface area contributed by atoms with Crippen LogP contribution in [0.5, 0.6) is 0 Å². The summed E-state index contributed by atoms with van der Waals surface area (Å²) in [6.07, 6.45) is 23.6. The van der Waals surface area contributed by atoms with Crippen LogP contribution in [-0.4, -0.2) is 48.5 Å². The van der Waals surface area contributed by atoms with Crippen molar-refractivity contribution in [2.24, 2.45) is 34.5 Å².